The number of nitrogens with zero attached hydrogens (tertiary/aromatic N) is 2. The van der Waals surface area contributed by atoms with Crippen LogP contribution in [0.2, 0.25) is 0 Å². The Labute approximate surface area is 137 Å². The lowest BCUT2D eigenvalue weighted by molar-refractivity contribution is 0.627. The Morgan fingerprint density at radius 1 is 1.13 bits per heavy atom. The number of thioether (sulfide) groups is 1. The van der Waals surface area contributed by atoms with E-state index in [0.717, 1.165) is 0 Å². The molecule has 0 aliphatic heterocycles. The minimum absolute atomic E-state index is 0.197. The minimum Gasteiger partial charge on any atom is -0.280 e. The molecule has 23 heavy (non-hydrogen) atoms. The van der Waals surface area contributed by atoms with Crippen molar-refractivity contribution < 1.29 is 4.39 Å². The molecule has 3 aromatic rings. The first kappa shape index (κ1) is 15.5. The molecule has 3 nitrogen and oxygen atoms in total. The summed E-state index contributed by atoms with van der Waals surface area (Å²) in [5, 5.41) is 0.431. The van der Waals surface area contributed by atoms with Gasteiger partial charge in [0.1, 0.15) is 5.82 Å². The molecular formula is C18H15FN2OS. The van der Waals surface area contributed by atoms with E-state index in [9.17, 15) is 9.18 Å². The normalized spacial score (nSPS) is 10.7. The van der Waals surface area contributed by atoms with E-state index in [2.05, 4.69) is 4.98 Å². The summed E-state index contributed by atoms with van der Waals surface area (Å²) in [6.07, 6.45) is 3.18. The summed E-state index contributed by atoms with van der Waals surface area (Å²) in [7, 11) is 0. The average molecular weight is 326 g/mol. The van der Waals surface area contributed by atoms with Gasteiger partial charge in [-0.25, -0.2) is 9.37 Å². The molecule has 1 heterocycles. The summed E-state index contributed by atoms with van der Waals surface area (Å²) in [6, 6.07) is 13.9. The minimum atomic E-state index is -0.329. The summed E-state index contributed by atoms with van der Waals surface area (Å²) in [5.41, 5.74) is 2.79. The molecule has 0 atom stereocenters. The Bertz CT molecular complexity index is 875. The molecule has 0 bridgehead atoms. The zero-order chi connectivity index (χ0) is 16.2. The van der Waals surface area contributed by atoms with E-state index in [1.807, 2.05) is 31.2 Å². The van der Waals surface area contributed by atoms with Gasteiger partial charge in [-0.3, -0.25) is 9.36 Å². The van der Waals surface area contributed by atoms with E-state index in [1.165, 1.54) is 39.6 Å². The average Bonchev–Trinajstić information content (AvgIpc) is 2.56. The molecule has 0 radical (unpaired) electrons. The molecule has 0 amide bonds. The summed E-state index contributed by atoms with van der Waals surface area (Å²) < 4.78 is 14.5. The van der Waals surface area contributed by atoms with E-state index in [-0.39, 0.29) is 11.4 Å². The zero-order valence-corrected chi connectivity index (χ0v) is 13.4. The van der Waals surface area contributed by atoms with Gasteiger partial charge in [-0.05, 0) is 42.3 Å². The molecule has 0 aliphatic rings. The molecule has 0 fully saturated rings. The molecule has 0 spiro atoms. The van der Waals surface area contributed by atoms with Crippen LogP contribution in [0, 0.1) is 12.7 Å². The number of rotatable bonds is 4. The molecule has 0 N–H and O–H groups in total. The van der Waals surface area contributed by atoms with Gasteiger partial charge in [0.25, 0.3) is 5.56 Å². The first-order valence-corrected chi connectivity index (χ1v) is 8.14. The van der Waals surface area contributed by atoms with Gasteiger partial charge < -0.3 is 0 Å². The lowest BCUT2D eigenvalue weighted by Crippen LogP contribution is -2.20. The van der Waals surface area contributed by atoms with Crippen LogP contribution in [0.3, 0.4) is 0 Å². The van der Waals surface area contributed by atoms with Crippen LogP contribution in [0.15, 0.2) is 70.7 Å². The standard InChI is InChI=1S/C18H15FN2OS/c1-13-4-2-3-5-14(13)12-23-17-18(22)21(11-10-20-17)16-8-6-15(19)7-9-16/h2-11H,12H2,1H3. The van der Waals surface area contributed by atoms with E-state index in [1.54, 1.807) is 24.5 Å². The van der Waals surface area contributed by atoms with E-state index >= 15 is 0 Å². The topological polar surface area (TPSA) is 34.9 Å². The molecule has 3 rings (SSSR count). The van der Waals surface area contributed by atoms with Crippen molar-refractivity contribution in [3.05, 3.63) is 88.2 Å². The SMILES string of the molecule is Cc1ccccc1CSc1nccn(-c2ccc(F)cc2)c1=O. The molecule has 2 aromatic carbocycles. The maximum atomic E-state index is 13.0. The van der Waals surface area contributed by atoms with Crippen molar-refractivity contribution in [1.82, 2.24) is 9.55 Å². The van der Waals surface area contributed by atoms with Crippen LogP contribution >= 0.6 is 11.8 Å². The predicted molar refractivity (Wildman–Crippen MR) is 90.5 cm³/mol. The van der Waals surface area contributed by atoms with Gasteiger partial charge in [0.05, 0.1) is 0 Å². The van der Waals surface area contributed by atoms with Crippen molar-refractivity contribution in [2.24, 2.45) is 0 Å². The predicted octanol–water partition coefficient (Wildman–Crippen LogP) is 3.97. The monoisotopic (exact) mass is 326 g/mol. The highest BCUT2D eigenvalue weighted by atomic mass is 32.2. The first-order chi connectivity index (χ1) is 11.1. The molecule has 0 saturated carbocycles. The largest absolute Gasteiger partial charge is 0.287 e. The highest BCUT2D eigenvalue weighted by Crippen LogP contribution is 2.20. The van der Waals surface area contributed by atoms with Crippen LogP contribution in [0.4, 0.5) is 4.39 Å². The van der Waals surface area contributed by atoms with Crippen LogP contribution in [0.25, 0.3) is 5.69 Å². The van der Waals surface area contributed by atoms with Crippen molar-refractivity contribution in [3.8, 4) is 5.69 Å². The van der Waals surface area contributed by atoms with Gasteiger partial charge >= 0.3 is 0 Å². The fourth-order valence-corrected chi connectivity index (χ4v) is 3.19. The van der Waals surface area contributed by atoms with Crippen LogP contribution in [0.1, 0.15) is 11.1 Å². The third-order valence-corrected chi connectivity index (χ3v) is 4.55. The van der Waals surface area contributed by atoms with Gasteiger partial charge in [0, 0.05) is 23.8 Å². The number of aromatic nitrogens is 2. The smallest absolute Gasteiger partial charge is 0.280 e. The third kappa shape index (κ3) is 3.51. The maximum Gasteiger partial charge on any atom is 0.287 e. The number of benzene rings is 2. The molecule has 0 saturated heterocycles. The lowest BCUT2D eigenvalue weighted by atomic mass is 10.1. The molecule has 0 unspecified atom stereocenters. The second kappa shape index (κ2) is 6.79. The van der Waals surface area contributed by atoms with Crippen molar-refractivity contribution >= 4 is 11.8 Å². The van der Waals surface area contributed by atoms with E-state index < -0.39 is 0 Å². The molecule has 5 heteroatoms. The van der Waals surface area contributed by atoms with Crippen LogP contribution in [-0.2, 0) is 5.75 Å². The Morgan fingerprint density at radius 2 is 1.87 bits per heavy atom. The lowest BCUT2D eigenvalue weighted by Gasteiger charge is -2.08. The molecule has 116 valence electrons. The van der Waals surface area contributed by atoms with Crippen molar-refractivity contribution in [1.29, 1.82) is 0 Å². The third-order valence-electron chi connectivity index (χ3n) is 3.54. The Balaban J connectivity index is 1.87. The fraction of sp³-hybridized carbons (Fsp3) is 0.111. The Morgan fingerprint density at radius 3 is 2.61 bits per heavy atom. The van der Waals surface area contributed by atoms with E-state index in [0.29, 0.717) is 16.5 Å². The first-order valence-electron chi connectivity index (χ1n) is 7.16. The van der Waals surface area contributed by atoms with Crippen LogP contribution in [0.5, 0.6) is 0 Å². The highest BCUT2D eigenvalue weighted by Gasteiger charge is 2.08. The molecular weight excluding hydrogens is 311 g/mol. The summed E-state index contributed by atoms with van der Waals surface area (Å²) >= 11 is 1.41. The fourth-order valence-electron chi connectivity index (χ4n) is 2.22. The molecule has 1 aromatic heterocycles. The van der Waals surface area contributed by atoms with Gasteiger partial charge in [-0.15, -0.1) is 0 Å². The van der Waals surface area contributed by atoms with Gasteiger partial charge in [0.2, 0.25) is 0 Å². The Kier molecular flexibility index (Phi) is 4.57. The number of aryl methyl sites for hydroxylation is 1. The quantitative estimate of drug-likeness (QED) is 0.680. The summed E-state index contributed by atoms with van der Waals surface area (Å²) in [6.45, 7) is 2.05. The molecule has 0 aliphatic carbocycles. The second-order valence-corrected chi connectivity index (χ2v) is 6.06. The second-order valence-electron chi connectivity index (χ2n) is 5.10. The van der Waals surface area contributed by atoms with Gasteiger partial charge in [-0.2, -0.15) is 0 Å². The maximum absolute atomic E-state index is 13.0. The summed E-state index contributed by atoms with van der Waals surface area (Å²) in [4.78, 5) is 16.7. The van der Waals surface area contributed by atoms with Crippen molar-refractivity contribution in [3.63, 3.8) is 0 Å². The number of hydrogen-bond acceptors (Lipinski definition) is 3. The number of hydrogen-bond donors (Lipinski definition) is 0. The number of halogens is 1. The summed E-state index contributed by atoms with van der Waals surface area (Å²) in [5.74, 6) is 0.354. The van der Waals surface area contributed by atoms with Gasteiger partial charge in [-0.1, -0.05) is 36.0 Å². The van der Waals surface area contributed by atoms with Crippen molar-refractivity contribution in [2.75, 3.05) is 0 Å². The van der Waals surface area contributed by atoms with Gasteiger partial charge in [0.15, 0.2) is 5.03 Å². The van der Waals surface area contributed by atoms with E-state index in [4.69, 9.17) is 0 Å². The van der Waals surface area contributed by atoms with Crippen molar-refractivity contribution in [2.45, 2.75) is 17.7 Å². The van der Waals surface area contributed by atoms with Crippen LogP contribution < -0.4 is 5.56 Å². The highest BCUT2D eigenvalue weighted by molar-refractivity contribution is 7.98. The van der Waals surface area contributed by atoms with Crippen LogP contribution in [-0.4, -0.2) is 9.55 Å². The Hall–Kier alpha value is -2.40. The zero-order valence-electron chi connectivity index (χ0n) is 12.6.